The van der Waals surface area contributed by atoms with Gasteiger partial charge in [-0.1, -0.05) is 29.8 Å². The molecule has 4 heteroatoms. The van der Waals surface area contributed by atoms with Crippen molar-refractivity contribution in [2.24, 2.45) is 0 Å². The number of pyridine rings is 1. The van der Waals surface area contributed by atoms with Crippen molar-refractivity contribution in [3.05, 3.63) is 71.2 Å². The molecule has 4 rings (SSSR count). The molecule has 1 aromatic heterocycles. The standard InChI is InChI=1S/C21H20N2O2/c1-14-5-2-6-15(11-14)17-12-20(25)23(16-7-4-10-22-13-16)18-8-3-9-19(24)21(17)18/h2,4-7,10-11,13,17H,3,8-9,12H2,1H3. The van der Waals surface area contributed by atoms with Gasteiger partial charge in [-0.3, -0.25) is 19.5 Å². The van der Waals surface area contributed by atoms with Gasteiger partial charge in [0.25, 0.3) is 0 Å². The number of carbonyl (C=O) groups excluding carboxylic acids is 2. The van der Waals surface area contributed by atoms with Crippen LogP contribution in [-0.4, -0.2) is 16.7 Å². The second-order valence-electron chi connectivity index (χ2n) is 6.75. The lowest BCUT2D eigenvalue weighted by molar-refractivity contribution is -0.119. The first kappa shape index (κ1) is 15.8. The van der Waals surface area contributed by atoms with E-state index in [1.54, 1.807) is 17.3 Å². The van der Waals surface area contributed by atoms with Crippen molar-refractivity contribution in [2.75, 3.05) is 4.90 Å². The normalized spacial score (nSPS) is 20.7. The molecule has 2 aliphatic rings. The number of aryl methyl sites for hydroxylation is 1. The van der Waals surface area contributed by atoms with E-state index < -0.39 is 0 Å². The first-order valence-electron chi connectivity index (χ1n) is 8.71. The molecule has 0 bridgehead atoms. The number of ketones is 1. The largest absolute Gasteiger partial charge is 0.294 e. The fourth-order valence-corrected chi connectivity index (χ4v) is 3.95. The van der Waals surface area contributed by atoms with Crippen LogP contribution in [0.1, 0.15) is 42.7 Å². The molecule has 0 saturated carbocycles. The Morgan fingerprint density at radius 3 is 2.76 bits per heavy atom. The lowest BCUT2D eigenvalue weighted by atomic mass is 9.77. The predicted octanol–water partition coefficient (Wildman–Crippen LogP) is 3.92. The highest BCUT2D eigenvalue weighted by Gasteiger charge is 2.39. The van der Waals surface area contributed by atoms with E-state index in [-0.39, 0.29) is 17.6 Å². The molecule has 0 fully saturated rings. The number of anilines is 1. The van der Waals surface area contributed by atoms with Crippen LogP contribution in [0.4, 0.5) is 5.69 Å². The number of hydrogen-bond acceptors (Lipinski definition) is 3. The van der Waals surface area contributed by atoms with E-state index in [9.17, 15) is 9.59 Å². The monoisotopic (exact) mass is 332 g/mol. The fraction of sp³-hybridized carbons (Fsp3) is 0.286. The highest BCUT2D eigenvalue weighted by atomic mass is 16.2. The molecule has 0 spiro atoms. The van der Waals surface area contributed by atoms with E-state index in [0.29, 0.717) is 12.8 Å². The molecule has 0 N–H and O–H groups in total. The van der Waals surface area contributed by atoms with Gasteiger partial charge in [-0.2, -0.15) is 0 Å². The zero-order chi connectivity index (χ0) is 17.4. The van der Waals surface area contributed by atoms with E-state index in [1.165, 1.54) is 0 Å². The molecule has 1 aromatic carbocycles. The molecular weight excluding hydrogens is 312 g/mol. The van der Waals surface area contributed by atoms with E-state index >= 15 is 0 Å². The molecule has 1 aliphatic heterocycles. The summed E-state index contributed by atoms with van der Waals surface area (Å²) in [6, 6.07) is 11.8. The van der Waals surface area contributed by atoms with Crippen LogP contribution >= 0.6 is 0 Å². The average molecular weight is 332 g/mol. The summed E-state index contributed by atoms with van der Waals surface area (Å²) in [6.07, 6.45) is 5.81. The minimum Gasteiger partial charge on any atom is -0.294 e. The average Bonchev–Trinajstić information content (AvgIpc) is 2.62. The topological polar surface area (TPSA) is 50.3 Å². The van der Waals surface area contributed by atoms with Crippen molar-refractivity contribution in [3.63, 3.8) is 0 Å². The molecule has 1 unspecified atom stereocenters. The molecule has 1 aliphatic carbocycles. The van der Waals surface area contributed by atoms with Crippen LogP contribution in [0.5, 0.6) is 0 Å². The third kappa shape index (κ3) is 2.78. The minimum absolute atomic E-state index is 0.0351. The van der Waals surface area contributed by atoms with Crippen LogP contribution in [0.15, 0.2) is 60.1 Å². The third-order valence-electron chi connectivity index (χ3n) is 5.02. The summed E-state index contributed by atoms with van der Waals surface area (Å²) in [6.45, 7) is 2.04. The molecular formula is C21H20N2O2. The number of allylic oxidation sites excluding steroid dienone is 2. The molecule has 1 amide bonds. The Bertz CT molecular complexity index is 870. The number of rotatable bonds is 2. The summed E-state index contributed by atoms with van der Waals surface area (Å²) in [4.78, 5) is 31.6. The van der Waals surface area contributed by atoms with Crippen LogP contribution in [0, 0.1) is 6.92 Å². The van der Waals surface area contributed by atoms with Gasteiger partial charge < -0.3 is 0 Å². The van der Waals surface area contributed by atoms with Crippen LogP contribution < -0.4 is 4.90 Å². The number of amides is 1. The van der Waals surface area contributed by atoms with Gasteiger partial charge in [-0.15, -0.1) is 0 Å². The van der Waals surface area contributed by atoms with Crippen molar-refractivity contribution in [1.29, 1.82) is 0 Å². The maximum atomic E-state index is 13.0. The Morgan fingerprint density at radius 2 is 2.00 bits per heavy atom. The van der Waals surface area contributed by atoms with Crippen molar-refractivity contribution < 1.29 is 9.59 Å². The summed E-state index contributed by atoms with van der Waals surface area (Å²) in [5.41, 5.74) is 4.64. The van der Waals surface area contributed by atoms with E-state index in [2.05, 4.69) is 11.1 Å². The minimum atomic E-state index is -0.136. The van der Waals surface area contributed by atoms with Crippen LogP contribution in [0.25, 0.3) is 0 Å². The Kier molecular flexibility index (Phi) is 3.96. The highest BCUT2D eigenvalue weighted by Crippen LogP contribution is 2.43. The van der Waals surface area contributed by atoms with E-state index in [0.717, 1.165) is 40.9 Å². The molecule has 0 saturated heterocycles. The van der Waals surface area contributed by atoms with Crippen LogP contribution in [0.3, 0.4) is 0 Å². The van der Waals surface area contributed by atoms with Gasteiger partial charge in [-0.25, -0.2) is 0 Å². The van der Waals surface area contributed by atoms with Crippen molar-refractivity contribution >= 4 is 17.4 Å². The van der Waals surface area contributed by atoms with Gasteiger partial charge in [0.05, 0.1) is 11.9 Å². The zero-order valence-corrected chi connectivity index (χ0v) is 14.2. The Hall–Kier alpha value is -2.75. The van der Waals surface area contributed by atoms with Gasteiger partial charge in [0.1, 0.15) is 0 Å². The fourth-order valence-electron chi connectivity index (χ4n) is 3.95. The third-order valence-corrected chi connectivity index (χ3v) is 5.02. The molecule has 4 nitrogen and oxygen atoms in total. The molecule has 126 valence electrons. The summed E-state index contributed by atoms with van der Waals surface area (Å²) in [5.74, 6) is 0.0743. The molecule has 2 aromatic rings. The Morgan fingerprint density at radius 1 is 1.12 bits per heavy atom. The van der Waals surface area contributed by atoms with Gasteiger partial charge in [0.2, 0.25) is 5.91 Å². The number of hydrogen-bond donors (Lipinski definition) is 0. The molecule has 0 radical (unpaired) electrons. The van der Waals surface area contributed by atoms with Crippen molar-refractivity contribution in [3.8, 4) is 0 Å². The molecule has 1 atom stereocenters. The van der Waals surface area contributed by atoms with Crippen LogP contribution in [0.2, 0.25) is 0 Å². The maximum Gasteiger partial charge on any atom is 0.232 e. The van der Waals surface area contributed by atoms with Gasteiger partial charge in [0.15, 0.2) is 5.78 Å². The summed E-state index contributed by atoms with van der Waals surface area (Å²) >= 11 is 0. The van der Waals surface area contributed by atoms with Crippen LogP contribution in [-0.2, 0) is 9.59 Å². The maximum absolute atomic E-state index is 13.0. The van der Waals surface area contributed by atoms with Crippen molar-refractivity contribution in [2.45, 2.75) is 38.5 Å². The number of aromatic nitrogens is 1. The first-order valence-corrected chi connectivity index (χ1v) is 8.71. The van der Waals surface area contributed by atoms with Gasteiger partial charge in [-0.05, 0) is 37.5 Å². The number of benzene rings is 1. The SMILES string of the molecule is Cc1cccc(C2CC(=O)N(c3cccnc3)C3=C2C(=O)CCC3)c1. The van der Waals surface area contributed by atoms with E-state index in [4.69, 9.17) is 0 Å². The second kappa shape index (κ2) is 6.28. The summed E-state index contributed by atoms with van der Waals surface area (Å²) in [7, 11) is 0. The lowest BCUT2D eigenvalue weighted by Crippen LogP contribution is -2.40. The second-order valence-corrected chi connectivity index (χ2v) is 6.75. The van der Waals surface area contributed by atoms with E-state index in [1.807, 2.05) is 37.3 Å². The molecule has 25 heavy (non-hydrogen) atoms. The summed E-state index contributed by atoms with van der Waals surface area (Å²) < 4.78 is 0. The number of nitrogens with zero attached hydrogens (tertiary/aromatic N) is 2. The number of Topliss-reactive ketones (excluding diaryl/α,β-unsaturated/α-hetero) is 1. The predicted molar refractivity (Wildman–Crippen MR) is 96.1 cm³/mol. The highest BCUT2D eigenvalue weighted by molar-refractivity contribution is 6.07. The van der Waals surface area contributed by atoms with Gasteiger partial charge >= 0.3 is 0 Å². The first-order chi connectivity index (χ1) is 12.1. The summed E-state index contributed by atoms with van der Waals surface area (Å²) in [5, 5.41) is 0. The zero-order valence-electron chi connectivity index (χ0n) is 14.2. The smallest absolute Gasteiger partial charge is 0.232 e. The lowest BCUT2D eigenvalue weighted by Gasteiger charge is -2.38. The Balaban J connectivity index is 1.87. The number of carbonyl (C=O) groups is 2. The Labute approximate surface area is 147 Å². The molecule has 2 heterocycles. The van der Waals surface area contributed by atoms with Gasteiger partial charge in [0, 0.05) is 36.2 Å². The quantitative estimate of drug-likeness (QED) is 0.837. The van der Waals surface area contributed by atoms with Crippen molar-refractivity contribution in [1.82, 2.24) is 4.98 Å².